The predicted octanol–water partition coefficient (Wildman–Crippen LogP) is 5.50. The highest BCUT2D eigenvalue weighted by atomic mass is 31.1. The van der Waals surface area contributed by atoms with Crippen LogP contribution < -0.4 is 0 Å². The third-order valence-corrected chi connectivity index (χ3v) is 6.49. The number of carboxylic acid groups (broad SMARTS) is 1. The zero-order chi connectivity index (χ0) is 26.2. The molecule has 3 rings (SSSR count). The summed E-state index contributed by atoms with van der Waals surface area (Å²) in [5.74, 6) is 3.20. The molecule has 2 atom stereocenters. The molecule has 1 unspecified atom stereocenters. The van der Waals surface area contributed by atoms with Crippen LogP contribution in [0.2, 0.25) is 0 Å². The Balaban J connectivity index is 2.02. The molecular weight excluding hydrogens is 487 g/mol. The fourth-order valence-electron chi connectivity index (χ4n) is 3.57. The fourth-order valence-corrected chi connectivity index (χ4v) is 4.45. The zero-order valence-corrected chi connectivity index (χ0v) is 20.8. The summed E-state index contributed by atoms with van der Waals surface area (Å²) in [6.07, 6.45) is -2.13. The minimum absolute atomic E-state index is 0.136. The molecule has 0 saturated heterocycles. The number of hydrogen-bond donors (Lipinski definition) is 2. The highest BCUT2D eigenvalue weighted by Crippen LogP contribution is 2.36. The van der Waals surface area contributed by atoms with E-state index in [0.29, 0.717) is 22.4 Å². The first-order chi connectivity index (χ1) is 17.2. The minimum Gasteiger partial charge on any atom is -0.481 e. The maximum absolute atomic E-state index is 16.0. The molecule has 0 radical (unpaired) electrons. The highest BCUT2D eigenvalue weighted by molar-refractivity contribution is 7.39. The molecule has 1 heterocycles. The SMILES string of the molecule is CC(C)c1nc(-c2ccccc2)c(F)c(-c2ccc(F)cc2)c1C#CCO[PH](=O)C[C@@H](O)CC(=O)O. The van der Waals surface area contributed by atoms with Crippen molar-refractivity contribution in [1.29, 1.82) is 0 Å². The van der Waals surface area contributed by atoms with Gasteiger partial charge in [-0.25, -0.2) is 13.8 Å². The summed E-state index contributed by atoms with van der Waals surface area (Å²) >= 11 is 0. The molecule has 0 fully saturated rings. The molecule has 2 aromatic carbocycles. The van der Waals surface area contributed by atoms with Gasteiger partial charge in [0.05, 0.1) is 23.8 Å². The molecule has 0 saturated carbocycles. The Morgan fingerprint density at radius 1 is 1.08 bits per heavy atom. The van der Waals surface area contributed by atoms with Crippen molar-refractivity contribution in [2.24, 2.45) is 0 Å². The van der Waals surface area contributed by atoms with Crippen LogP contribution in [-0.4, -0.2) is 40.0 Å². The number of aromatic nitrogens is 1. The molecule has 9 heteroatoms. The lowest BCUT2D eigenvalue weighted by Gasteiger charge is -2.17. The Morgan fingerprint density at radius 2 is 1.75 bits per heavy atom. The van der Waals surface area contributed by atoms with Crippen molar-refractivity contribution in [3.63, 3.8) is 0 Å². The zero-order valence-electron chi connectivity index (χ0n) is 19.8. The number of carbonyl (C=O) groups is 1. The summed E-state index contributed by atoms with van der Waals surface area (Å²) in [5, 5.41) is 18.3. The molecule has 2 N–H and O–H groups in total. The van der Waals surface area contributed by atoms with Gasteiger partial charge in [0, 0.05) is 17.3 Å². The molecule has 188 valence electrons. The lowest BCUT2D eigenvalue weighted by Crippen LogP contribution is -2.15. The number of rotatable bonds is 9. The number of benzene rings is 2. The second-order valence-corrected chi connectivity index (χ2v) is 9.80. The first-order valence-corrected chi connectivity index (χ1v) is 12.8. The van der Waals surface area contributed by atoms with Crippen LogP contribution in [0.4, 0.5) is 8.78 Å². The number of aliphatic carboxylic acids is 1. The number of pyridine rings is 1. The minimum atomic E-state index is -2.73. The van der Waals surface area contributed by atoms with Crippen LogP contribution in [-0.2, 0) is 13.9 Å². The van der Waals surface area contributed by atoms with Crippen LogP contribution in [0.25, 0.3) is 22.4 Å². The van der Waals surface area contributed by atoms with Gasteiger partial charge in [0.15, 0.2) is 13.8 Å². The number of aliphatic hydroxyl groups excluding tert-OH is 1. The van der Waals surface area contributed by atoms with Gasteiger partial charge in [-0.15, -0.1) is 0 Å². The Bertz CT molecular complexity index is 1300. The lowest BCUT2D eigenvalue weighted by molar-refractivity contribution is -0.138. The Kier molecular flexibility index (Phi) is 9.49. The van der Waals surface area contributed by atoms with E-state index in [4.69, 9.17) is 9.63 Å². The molecule has 0 aliphatic heterocycles. The van der Waals surface area contributed by atoms with Crippen molar-refractivity contribution in [3.8, 4) is 34.2 Å². The molecule has 36 heavy (non-hydrogen) atoms. The van der Waals surface area contributed by atoms with E-state index in [-0.39, 0.29) is 29.9 Å². The summed E-state index contributed by atoms with van der Waals surface area (Å²) < 4.78 is 46.8. The fraction of sp³-hybridized carbons (Fsp3) is 0.259. The second kappa shape index (κ2) is 12.5. The summed E-state index contributed by atoms with van der Waals surface area (Å²) in [7, 11) is -2.73. The van der Waals surface area contributed by atoms with Gasteiger partial charge in [-0.2, -0.15) is 0 Å². The average molecular weight is 513 g/mol. The topological polar surface area (TPSA) is 96.7 Å². The van der Waals surface area contributed by atoms with Crippen molar-refractivity contribution in [2.75, 3.05) is 12.8 Å². The molecular formula is C27H26F2NO5P. The van der Waals surface area contributed by atoms with E-state index >= 15 is 4.39 Å². The van der Waals surface area contributed by atoms with E-state index in [1.165, 1.54) is 24.3 Å². The van der Waals surface area contributed by atoms with Crippen LogP contribution in [0.5, 0.6) is 0 Å². The molecule has 6 nitrogen and oxygen atoms in total. The first-order valence-electron chi connectivity index (χ1n) is 11.3. The number of halogens is 2. The molecule has 0 aliphatic rings. The van der Waals surface area contributed by atoms with Gasteiger partial charge in [0.25, 0.3) is 0 Å². The van der Waals surface area contributed by atoms with E-state index in [0.717, 1.165) is 0 Å². The molecule has 0 bridgehead atoms. The van der Waals surface area contributed by atoms with Gasteiger partial charge in [-0.3, -0.25) is 9.36 Å². The highest BCUT2D eigenvalue weighted by Gasteiger charge is 2.23. The smallest absolute Gasteiger partial charge is 0.305 e. The summed E-state index contributed by atoms with van der Waals surface area (Å²) in [4.78, 5) is 15.2. The maximum atomic E-state index is 16.0. The van der Waals surface area contributed by atoms with Gasteiger partial charge in [0.1, 0.15) is 18.1 Å². The predicted molar refractivity (Wildman–Crippen MR) is 134 cm³/mol. The summed E-state index contributed by atoms with van der Waals surface area (Å²) in [6.45, 7) is 3.52. The van der Waals surface area contributed by atoms with Crippen LogP contribution >= 0.6 is 8.03 Å². The average Bonchev–Trinajstić information content (AvgIpc) is 2.82. The molecule has 0 amide bonds. The van der Waals surface area contributed by atoms with Crippen molar-refractivity contribution >= 4 is 14.0 Å². The largest absolute Gasteiger partial charge is 0.481 e. The van der Waals surface area contributed by atoms with Crippen molar-refractivity contribution in [3.05, 3.63) is 77.5 Å². The number of aliphatic hydroxyl groups is 1. The van der Waals surface area contributed by atoms with Gasteiger partial charge in [-0.1, -0.05) is 68.2 Å². The van der Waals surface area contributed by atoms with Crippen LogP contribution in [0.3, 0.4) is 0 Å². The van der Waals surface area contributed by atoms with E-state index in [1.807, 2.05) is 19.9 Å². The van der Waals surface area contributed by atoms with Crippen molar-refractivity contribution in [2.45, 2.75) is 32.3 Å². The molecule has 1 aromatic heterocycles. The maximum Gasteiger partial charge on any atom is 0.305 e. The van der Waals surface area contributed by atoms with E-state index in [1.54, 1.807) is 24.3 Å². The van der Waals surface area contributed by atoms with Crippen LogP contribution in [0, 0.1) is 23.5 Å². The number of nitrogens with zero attached hydrogens (tertiary/aromatic N) is 1. The van der Waals surface area contributed by atoms with Gasteiger partial charge < -0.3 is 14.7 Å². The number of carboxylic acids is 1. The van der Waals surface area contributed by atoms with Gasteiger partial charge >= 0.3 is 5.97 Å². The molecule has 0 spiro atoms. The Hall–Kier alpha value is -3.37. The molecule has 0 aliphatic carbocycles. The standard InChI is InChI=1S/C27H26F2NO5P/c1-17(2)26-22(9-6-14-35-36(34)16-21(31)15-23(32)33)24(18-10-12-20(28)13-11-18)25(29)27(30-26)19-7-4-3-5-8-19/h3-5,7-8,10-13,17,21,31,36H,14-16H2,1-2H3,(H,32,33)/t21-/m0/s1. The summed E-state index contributed by atoms with van der Waals surface area (Å²) in [5.41, 5.74) is 2.17. The van der Waals surface area contributed by atoms with Gasteiger partial charge in [-0.05, 0) is 23.6 Å². The monoisotopic (exact) mass is 513 g/mol. The quantitative estimate of drug-likeness (QED) is 0.290. The van der Waals surface area contributed by atoms with Crippen LogP contribution in [0.15, 0.2) is 54.6 Å². The lowest BCUT2D eigenvalue weighted by atomic mass is 9.92. The Morgan fingerprint density at radius 3 is 2.36 bits per heavy atom. The number of hydrogen-bond acceptors (Lipinski definition) is 5. The Labute approximate surface area is 208 Å². The first kappa shape index (κ1) is 27.2. The van der Waals surface area contributed by atoms with E-state index in [9.17, 15) is 18.9 Å². The van der Waals surface area contributed by atoms with E-state index in [2.05, 4.69) is 16.8 Å². The van der Waals surface area contributed by atoms with Crippen molar-refractivity contribution in [1.82, 2.24) is 4.98 Å². The van der Waals surface area contributed by atoms with Crippen molar-refractivity contribution < 1.29 is 32.9 Å². The second-order valence-electron chi connectivity index (χ2n) is 8.36. The summed E-state index contributed by atoms with van der Waals surface area (Å²) in [6, 6.07) is 14.3. The normalized spacial score (nSPS) is 12.6. The third kappa shape index (κ3) is 7.08. The van der Waals surface area contributed by atoms with E-state index < -0.39 is 38.2 Å². The van der Waals surface area contributed by atoms with Crippen LogP contribution in [0.1, 0.15) is 37.4 Å². The molecule has 3 aromatic rings. The third-order valence-electron chi connectivity index (χ3n) is 5.22. The van der Waals surface area contributed by atoms with Gasteiger partial charge in [0.2, 0.25) is 0 Å².